The molecule has 0 aromatic heterocycles. The third-order valence-corrected chi connectivity index (χ3v) is 7.18. The molecule has 0 heterocycles. The van der Waals surface area contributed by atoms with Crippen molar-refractivity contribution in [2.75, 3.05) is 9.80 Å². The van der Waals surface area contributed by atoms with E-state index in [1.807, 2.05) is 0 Å². The SMILES string of the molecule is [2H]c1c([2H])c([2H])c(-c2c([2H])c([2H])c(N(c3ccc(-c4ccc(N(c5c([2H])c([2H])c([2H])c([2H])c5[2H])c5c([2H])c([2H])c(-c6c([2H])c([2H])c([2H])c([2H])c6[2H])c([2H])c5[2H])cc4)cc3)c3c([2H])c([2H])c([2H])c([2H])c3[2H])c([2H])c2[2H])c([2H])c1[2H]. The van der Waals surface area contributed by atoms with Gasteiger partial charge in [-0.05, 0) is 106 Å². The largest absolute Gasteiger partial charge is 0.311 e. The van der Waals surface area contributed by atoms with Crippen LogP contribution >= 0.6 is 0 Å². The Morgan fingerprint density at radius 1 is 0.220 bits per heavy atom. The zero-order chi connectivity index (χ0) is 57.9. The molecule has 0 aliphatic carbocycles. The summed E-state index contributed by atoms with van der Waals surface area (Å²) in [4.78, 5) is 1.80. The molecule has 0 aliphatic heterocycles. The highest BCUT2D eigenvalue weighted by molar-refractivity contribution is 5.82. The summed E-state index contributed by atoms with van der Waals surface area (Å²) in [7, 11) is 0. The van der Waals surface area contributed by atoms with Gasteiger partial charge in [0.2, 0.25) is 0 Å². The maximum Gasteiger partial charge on any atom is 0.0645 e. The Labute approximate surface area is 334 Å². The van der Waals surface area contributed by atoms with Gasteiger partial charge >= 0.3 is 0 Å². The van der Waals surface area contributed by atoms with Crippen molar-refractivity contribution in [1.29, 1.82) is 0 Å². The summed E-state index contributed by atoms with van der Waals surface area (Å²) in [6.07, 6.45) is 0. The molecule has 0 fully saturated rings. The van der Waals surface area contributed by atoms with Gasteiger partial charge in [0.1, 0.15) is 0 Å². The highest BCUT2D eigenvalue weighted by atomic mass is 15.1. The molecular weight excluding hydrogens is 605 g/mol. The predicted molar refractivity (Wildman–Crippen MR) is 212 cm³/mol. The highest BCUT2D eigenvalue weighted by Gasteiger charge is 2.15. The first kappa shape index (κ1) is 12.7. The van der Waals surface area contributed by atoms with Gasteiger partial charge in [-0.3, -0.25) is 0 Å². The monoisotopic (exact) mass is 668 g/mol. The molecule has 0 amide bonds. The Balaban J connectivity index is 1.31. The van der Waals surface area contributed by atoms with Crippen LogP contribution in [0.25, 0.3) is 33.4 Å². The highest BCUT2D eigenvalue weighted by Crippen LogP contribution is 2.39. The molecule has 8 aromatic carbocycles. The fraction of sp³-hybridized carbons (Fsp3) is 0. The number of hydrogen-bond donors (Lipinski definition) is 0. The summed E-state index contributed by atoms with van der Waals surface area (Å²) in [5.41, 5.74) is -4.60. The second kappa shape index (κ2) is 14.2. The summed E-state index contributed by atoms with van der Waals surface area (Å²) in [5, 5.41) is 0. The lowest BCUT2D eigenvalue weighted by atomic mass is 10.0. The summed E-state index contributed by atoms with van der Waals surface area (Å²) < 4.78 is 242. The van der Waals surface area contributed by atoms with Gasteiger partial charge in [0.05, 0.1) is 38.4 Å². The average molecular weight is 669 g/mol. The second-order valence-electron chi connectivity index (χ2n) is 10.2. The zero-order valence-electron chi connectivity index (χ0n) is 53.5. The third-order valence-electron chi connectivity index (χ3n) is 7.18. The maximum atomic E-state index is 9.21. The number of anilines is 6. The molecule has 0 unspecified atom stereocenters. The van der Waals surface area contributed by atoms with E-state index in [4.69, 9.17) is 32.9 Å². The van der Waals surface area contributed by atoms with Crippen LogP contribution in [0.1, 0.15) is 38.4 Å². The first-order valence-corrected chi connectivity index (χ1v) is 14.7. The Kier molecular flexibility index (Phi) is 3.61. The molecule has 0 radical (unpaired) electrons. The van der Waals surface area contributed by atoms with Crippen LogP contribution in [-0.4, -0.2) is 0 Å². The number of hydrogen-bond acceptors (Lipinski definition) is 2. The molecule has 0 spiro atoms. The molecule has 8 rings (SSSR count). The molecule has 2 heteroatoms. The van der Waals surface area contributed by atoms with Gasteiger partial charge in [-0.15, -0.1) is 0 Å². The normalized spacial score (nSPS) is 18.6. The van der Waals surface area contributed by atoms with Gasteiger partial charge in [0, 0.05) is 34.1 Å². The summed E-state index contributed by atoms with van der Waals surface area (Å²) >= 11 is 0. The standard InChI is InChI=1S/C48H36N2/c1-5-13-37(14-6-1)39-21-29-45(30-22-39)49(43-17-9-3-10-18-43)47-33-25-41(26-34-47)42-27-35-48(36-28-42)50(44-19-11-4-12-20-44)46-31-23-40(24-32-46)38-15-7-2-8-16-38/h1-36H/i1D,2D,3D,4D,5D,6D,7D,8D,9D,10D,11D,12D,13D,14D,15D,16D,17D,18D,19D,20D,21D,22D,23D,24D,29D,30D,31D,32D. The summed E-state index contributed by atoms with van der Waals surface area (Å²) in [5.74, 6) is 0. The molecule has 0 N–H and O–H groups in total. The molecule has 50 heavy (non-hydrogen) atoms. The van der Waals surface area contributed by atoms with E-state index in [-0.39, 0.29) is 11.4 Å². The van der Waals surface area contributed by atoms with Gasteiger partial charge < -0.3 is 9.80 Å². The van der Waals surface area contributed by atoms with E-state index in [1.165, 1.54) is 48.5 Å². The van der Waals surface area contributed by atoms with Gasteiger partial charge in [0.25, 0.3) is 0 Å². The van der Waals surface area contributed by atoms with E-state index in [9.17, 15) is 5.48 Å². The van der Waals surface area contributed by atoms with Gasteiger partial charge in [-0.2, -0.15) is 0 Å². The molecule has 0 saturated heterocycles. The van der Waals surface area contributed by atoms with E-state index in [2.05, 4.69) is 0 Å². The van der Waals surface area contributed by atoms with Crippen molar-refractivity contribution in [1.82, 2.24) is 0 Å². The van der Waals surface area contributed by atoms with Crippen molar-refractivity contribution >= 4 is 34.1 Å². The fourth-order valence-corrected chi connectivity index (χ4v) is 4.89. The molecule has 0 saturated carbocycles. The number of rotatable bonds is 9. The van der Waals surface area contributed by atoms with Gasteiger partial charge in [-0.1, -0.05) is 145 Å². The van der Waals surface area contributed by atoms with Crippen molar-refractivity contribution in [3.63, 3.8) is 0 Å². The summed E-state index contributed by atoms with van der Waals surface area (Å²) in [6, 6.07) is -12.2. The van der Waals surface area contributed by atoms with Gasteiger partial charge in [-0.25, -0.2) is 0 Å². The van der Waals surface area contributed by atoms with Crippen LogP contribution in [0, 0.1) is 0 Å². The third kappa shape index (κ3) is 6.56. The first-order chi connectivity index (χ1) is 36.4. The van der Waals surface area contributed by atoms with Crippen molar-refractivity contribution in [3.8, 4) is 33.4 Å². The van der Waals surface area contributed by atoms with Crippen LogP contribution in [0.4, 0.5) is 34.1 Å². The Hall–Kier alpha value is -6.64. The van der Waals surface area contributed by atoms with Crippen LogP contribution < -0.4 is 9.80 Å². The molecule has 8 aromatic rings. The average Bonchev–Trinajstić information content (AvgIpc) is 3.42. The molecule has 0 bridgehead atoms. The van der Waals surface area contributed by atoms with E-state index < -0.39 is 214 Å². The van der Waals surface area contributed by atoms with Crippen molar-refractivity contribution in [3.05, 3.63) is 218 Å². The van der Waals surface area contributed by atoms with Crippen molar-refractivity contribution < 1.29 is 38.4 Å². The second-order valence-corrected chi connectivity index (χ2v) is 10.2. The van der Waals surface area contributed by atoms with E-state index in [1.54, 1.807) is 0 Å². The minimum absolute atomic E-state index is 0.0898. The fourth-order valence-electron chi connectivity index (χ4n) is 4.89. The first-order valence-electron chi connectivity index (χ1n) is 28.7. The topological polar surface area (TPSA) is 6.48 Å². The summed E-state index contributed by atoms with van der Waals surface area (Å²) in [6.45, 7) is 0. The zero-order valence-corrected chi connectivity index (χ0v) is 25.5. The Morgan fingerprint density at radius 2 is 0.480 bits per heavy atom. The van der Waals surface area contributed by atoms with Crippen LogP contribution in [0.2, 0.25) is 0 Å². The molecule has 2 nitrogen and oxygen atoms in total. The molecule has 0 atom stereocenters. The van der Waals surface area contributed by atoms with Crippen LogP contribution in [0.5, 0.6) is 0 Å². The number of para-hydroxylation sites is 2. The minimum Gasteiger partial charge on any atom is -0.311 e. The van der Waals surface area contributed by atoms with E-state index >= 15 is 0 Å². The number of nitrogens with zero attached hydrogens (tertiary/aromatic N) is 2. The molecule has 0 aliphatic rings. The molecular formula is C48H36N2. The van der Waals surface area contributed by atoms with Crippen LogP contribution in [0.15, 0.2) is 218 Å². The lowest BCUT2D eigenvalue weighted by Crippen LogP contribution is -2.10. The van der Waals surface area contributed by atoms with Crippen molar-refractivity contribution in [2.24, 2.45) is 0 Å². The lowest BCUT2D eigenvalue weighted by Gasteiger charge is -2.26. The number of benzene rings is 8. The maximum absolute atomic E-state index is 9.21. The quantitative estimate of drug-likeness (QED) is 0.151. The van der Waals surface area contributed by atoms with Crippen LogP contribution in [-0.2, 0) is 0 Å². The molecule has 238 valence electrons. The van der Waals surface area contributed by atoms with Gasteiger partial charge in [0.15, 0.2) is 0 Å². The smallest absolute Gasteiger partial charge is 0.0645 e. The lowest BCUT2D eigenvalue weighted by molar-refractivity contribution is 1.28. The van der Waals surface area contributed by atoms with Crippen LogP contribution in [0.3, 0.4) is 0 Å². The minimum atomic E-state index is -0.894. The van der Waals surface area contributed by atoms with E-state index in [0.717, 1.165) is 9.80 Å². The van der Waals surface area contributed by atoms with E-state index in [0.29, 0.717) is 11.1 Å². The Bertz CT molecular complexity index is 3470. The van der Waals surface area contributed by atoms with Crippen molar-refractivity contribution in [2.45, 2.75) is 0 Å². The Morgan fingerprint density at radius 3 is 0.800 bits per heavy atom. The predicted octanol–water partition coefficient (Wildman–Crippen LogP) is 13.6.